The van der Waals surface area contributed by atoms with E-state index in [1.165, 1.54) is 0 Å². The molecule has 0 saturated heterocycles. The van der Waals surface area contributed by atoms with Crippen LogP contribution in [-0.4, -0.2) is 31.7 Å². The molecule has 0 atom stereocenters. The van der Waals surface area contributed by atoms with E-state index in [-0.39, 0.29) is 24.0 Å². The van der Waals surface area contributed by atoms with Crippen molar-refractivity contribution in [2.75, 3.05) is 0 Å². The van der Waals surface area contributed by atoms with E-state index in [1.54, 1.807) is 0 Å². The summed E-state index contributed by atoms with van der Waals surface area (Å²) >= 11 is 0. The first-order chi connectivity index (χ1) is 14.0. The van der Waals surface area contributed by atoms with Crippen LogP contribution >= 0.6 is 0 Å². The Morgan fingerprint density at radius 3 is 2.55 bits per heavy atom. The molecule has 0 aliphatic heterocycles. The van der Waals surface area contributed by atoms with Crippen LogP contribution in [0.5, 0.6) is 0 Å². The number of aromatic nitrogens is 4. The SMILES string of the molecule is CCn1nc(C)c(CNC(=O)c2nc(CC(=O)NCc3ccccc3)no2)c1C. The number of benzene rings is 1. The van der Waals surface area contributed by atoms with Crippen LogP contribution in [0.25, 0.3) is 0 Å². The lowest BCUT2D eigenvalue weighted by molar-refractivity contribution is -0.120. The van der Waals surface area contributed by atoms with Gasteiger partial charge < -0.3 is 15.2 Å². The maximum atomic E-state index is 12.3. The van der Waals surface area contributed by atoms with Gasteiger partial charge in [0.05, 0.1) is 12.1 Å². The number of hydrogen-bond acceptors (Lipinski definition) is 6. The van der Waals surface area contributed by atoms with Gasteiger partial charge in [0.1, 0.15) is 0 Å². The minimum absolute atomic E-state index is 0.0644. The van der Waals surface area contributed by atoms with Crippen molar-refractivity contribution in [3.63, 3.8) is 0 Å². The normalized spacial score (nSPS) is 10.7. The molecule has 2 N–H and O–H groups in total. The topological polar surface area (TPSA) is 115 Å². The molecule has 0 radical (unpaired) electrons. The summed E-state index contributed by atoms with van der Waals surface area (Å²) in [6.07, 6.45) is -0.0644. The molecule has 3 rings (SSSR count). The van der Waals surface area contributed by atoms with Crippen molar-refractivity contribution in [1.82, 2.24) is 30.6 Å². The van der Waals surface area contributed by atoms with Crippen molar-refractivity contribution < 1.29 is 14.1 Å². The average Bonchev–Trinajstić information content (AvgIpc) is 3.29. The zero-order chi connectivity index (χ0) is 20.8. The summed E-state index contributed by atoms with van der Waals surface area (Å²) in [5.74, 6) is -0.753. The molecule has 0 spiro atoms. The molecular formula is C20H24N6O3. The molecule has 3 aromatic rings. The third-order valence-corrected chi connectivity index (χ3v) is 4.57. The third kappa shape index (κ3) is 5.07. The maximum Gasteiger partial charge on any atom is 0.315 e. The molecule has 0 bridgehead atoms. The summed E-state index contributed by atoms with van der Waals surface area (Å²) in [5.41, 5.74) is 3.82. The van der Waals surface area contributed by atoms with Gasteiger partial charge in [0.15, 0.2) is 5.82 Å². The lowest BCUT2D eigenvalue weighted by Gasteiger charge is -2.04. The van der Waals surface area contributed by atoms with Crippen LogP contribution < -0.4 is 10.6 Å². The number of nitrogens with zero attached hydrogens (tertiary/aromatic N) is 4. The summed E-state index contributed by atoms with van der Waals surface area (Å²) in [5, 5.41) is 13.7. The van der Waals surface area contributed by atoms with E-state index in [4.69, 9.17) is 4.52 Å². The van der Waals surface area contributed by atoms with Gasteiger partial charge in [-0.15, -0.1) is 0 Å². The van der Waals surface area contributed by atoms with Gasteiger partial charge in [-0.05, 0) is 26.3 Å². The van der Waals surface area contributed by atoms with Crippen molar-refractivity contribution in [3.05, 3.63) is 64.6 Å². The minimum atomic E-state index is -0.489. The summed E-state index contributed by atoms with van der Waals surface area (Å²) in [6.45, 7) is 7.36. The number of nitrogens with one attached hydrogen (secondary N) is 2. The average molecular weight is 396 g/mol. The number of amides is 2. The van der Waals surface area contributed by atoms with Gasteiger partial charge in [0, 0.05) is 30.9 Å². The largest absolute Gasteiger partial charge is 0.352 e. The molecular weight excluding hydrogens is 372 g/mol. The lowest BCUT2D eigenvalue weighted by Crippen LogP contribution is -2.25. The molecule has 2 heterocycles. The van der Waals surface area contributed by atoms with Gasteiger partial charge in [-0.1, -0.05) is 35.5 Å². The third-order valence-electron chi connectivity index (χ3n) is 4.57. The highest BCUT2D eigenvalue weighted by atomic mass is 16.5. The standard InChI is InChI=1S/C20H24N6O3/c1-4-26-14(3)16(13(2)24-26)12-22-19(28)20-23-17(25-29-20)10-18(27)21-11-15-8-6-5-7-9-15/h5-9H,4,10-12H2,1-3H3,(H,21,27)(H,22,28). The van der Waals surface area contributed by atoms with Crippen molar-refractivity contribution >= 4 is 11.8 Å². The maximum absolute atomic E-state index is 12.3. The minimum Gasteiger partial charge on any atom is -0.352 e. The summed E-state index contributed by atoms with van der Waals surface area (Å²) in [4.78, 5) is 28.3. The summed E-state index contributed by atoms with van der Waals surface area (Å²) in [7, 11) is 0. The van der Waals surface area contributed by atoms with Crippen molar-refractivity contribution in [3.8, 4) is 0 Å². The summed E-state index contributed by atoms with van der Waals surface area (Å²) in [6, 6.07) is 9.56. The molecule has 0 unspecified atom stereocenters. The number of aryl methyl sites for hydroxylation is 2. The smallest absolute Gasteiger partial charge is 0.315 e. The van der Waals surface area contributed by atoms with Gasteiger partial charge in [0.25, 0.3) is 0 Å². The van der Waals surface area contributed by atoms with Crippen LogP contribution in [-0.2, 0) is 30.8 Å². The van der Waals surface area contributed by atoms with Crippen LogP contribution in [0.4, 0.5) is 0 Å². The zero-order valence-electron chi connectivity index (χ0n) is 16.7. The summed E-state index contributed by atoms with van der Waals surface area (Å²) < 4.78 is 6.88. The van der Waals surface area contributed by atoms with Crippen molar-refractivity contribution in [2.24, 2.45) is 0 Å². The molecule has 0 saturated carbocycles. The van der Waals surface area contributed by atoms with Gasteiger partial charge in [-0.2, -0.15) is 10.1 Å². The molecule has 9 nitrogen and oxygen atoms in total. The first kappa shape index (κ1) is 20.2. The Morgan fingerprint density at radius 1 is 1.10 bits per heavy atom. The highest BCUT2D eigenvalue weighted by molar-refractivity contribution is 5.89. The Hall–Kier alpha value is -3.49. The quantitative estimate of drug-likeness (QED) is 0.599. The Kier molecular flexibility index (Phi) is 6.38. The van der Waals surface area contributed by atoms with E-state index >= 15 is 0 Å². The molecule has 0 fully saturated rings. The van der Waals surface area contributed by atoms with Crippen LogP contribution in [0.3, 0.4) is 0 Å². The molecule has 152 valence electrons. The van der Waals surface area contributed by atoms with E-state index < -0.39 is 5.91 Å². The number of carbonyl (C=O) groups is 2. The fourth-order valence-corrected chi connectivity index (χ4v) is 2.96. The van der Waals surface area contributed by atoms with Crippen LogP contribution in [0.2, 0.25) is 0 Å². The second kappa shape index (κ2) is 9.13. The van der Waals surface area contributed by atoms with E-state index in [9.17, 15) is 9.59 Å². The first-order valence-electron chi connectivity index (χ1n) is 9.42. The second-order valence-corrected chi connectivity index (χ2v) is 6.60. The molecule has 1 aromatic carbocycles. The van der Waals surface area contributed by atoms with Crippen molar-refractivity contribution in [1.29, 1.82) is 0 Å². The van der Waals surface area contributed by atoms with Gasteiger partial charge in [-0.25, -0.2) is 0 Å². The lowest BCUT2D eigenvalue weighted by atomic mass is 10.2. The van der Waals surface area contributed by atoms with Gasteiger partial charge >= 0.3 is 11.8 Å². The van der Waals surface area contributed by atoms with E-state index in [0.717, 1.165) is 29.1 Å². The number of rotatable bonds is 8. The highest BCUT2D eigenvalue weighted by Crippen LogP contribution is 2.13. The van der Waals surface area contributed by atoms with Crippen molar-refractivity contribution in [2.45, 2.75) is 46.8 Å². The number of hydrogen-bond donors (Lipinski definition) is 2. The Morgan fingerprint density at radius 2 is 1.86 bits per heavy atom. The number of carbonyl (C=O) groups excluding carboxylic acids is 2. The molecule has 2 amide bonds. The van der Waals surface area contributed by atoms with Gasteiger partial charge in [-0.3, -0.25) is 14.3 Å². The Bertz CT molecular complexity index is 993. The van der Waals surface area contributed by atoms with E-state index in [2.05, 4.69) is 25.9 Å². The van der Waals surface area contributed by atoms with Gasteiger partial charge in [0.2, 0.25) is 5.91 Å². The molecule has 2 aromatic heterocycles. The fourth-order valence-electron chi connectivity index (χ4n) is 2.96. The van der Waals surface area contributed by atoms with E-state index in [1.807, 2.05) is 55.8 Å². The second-order valence-electron chi connectivity index (χ2n) is 6.60. The fraction of sp³-hybridized carbons (Fsp3) is 0.350. The van der Waals surface area contributed by atoms with Crippen LogP contribution in [0.15, 0.2) is 34.9 Å². The predicted molar refractivity (Wildman–Crippen MR) is 105 cm³/mol. The predicted octanol–water partition coefficient (Wildman–Crippen LogP) is 1.69. The monoisotopic (exact) mass is 396 g/mol. The Labute approximate surface area is 168 Å². The Balaban J connectivity index is 1.52. The highest BCUT2D eigenvalue weighted by Gasteiger charge is 2.18. The molecule has 29 heavy (non-hydrogen) atoms. The molecule has 0 aliphatic carbocycles. The van der Waals surface area contributed by atoms with Crippen LogP contribution in [0, 0.1) is 13.8 Å². The molecule has 0 aliphatic rings. The van der Waals surface area contributed by atoms with E-state index in [0.29, 0.717) is 13.1 Å². The molecule has 9 heteroatoms. The van der Waals surface area contributed by atoms with Crippen LogP contribution in [0.1, 0.15) is 45.9 Å². The first-order valence-corrected chi connectivity index (χ1v) is 9.42. The zero-order valence-corrected chi connectivity index (χ0v) is 16.7.